The molecule has 94 valence electrons. The Bertz CT molecular complexity index is 344. The van der Waals surface area contributed by atoms with E-state index in [2.05, 4.69) is 4.99 Å². The first-order valence-corrected chi connectivity index (χ1v) is 6.04. The lowest BCUT2D eigenvalue weighted by molar-refractivity contribution is -0.130. The first-order valence-electron chi connectivity index (χ1n) is 6.04. The first-order chi connectivity index (χ1) is 8.33. The van der Waals surface area contributed by atoms with Gasteiger partial charge in [0.25, 0.3) is 5.91 Å². The second-order valence-corrected chi connectivity index (χ2v) is 4.11. The van der Waals surface area contributed by atoms with E-state index in [4.69, 9.17) is 9.84 Å². The third-order valence-corrected chi connectivity index (χ3v) is 2.97. The molecule has 2 heterocycles. The number of nitrogens with zero attached hydrogens (tertiary/aromatic N) is 2. The van der Waals surface area contributed by atoms with Gasteiger partial charge in [-0.05, 0) is 6.42 Å². The van der Waals surface area contributed by atoms with Gasteiger partial charge in [0, 0.05) is 38.4 Å². The number of carbonyl (C=O) groups excluding carboxylic acids is 1. The highest BCUT2D eigenvalue weighted by Crippen LogP contribution is 2.14. The summed E-state index contributed by atoms with van der Waals surface area (Å²) in [4.78, 5) is 18.4. The van der Waals surface area contributed by atoms with E-state index in [0.717, 1.165) is 18.7 Å². The number of hydrogen-bond donors (Lipinski definition) is 1. The van der Waals surface area contributed by atoms with Crippen LogP contribution in [0.25, 0.3) is 0 Å². The molecule has 0 aromatic carbocycles. The van der Waals surface area contributed by atoms with E-state index >= 15 is 0 Å². The molecule has 0 aliphatic carbocycles. The molecule has 1 fully saturated rings. The van der Waals surface area contributed by atoms with Crippen molar-refractivity contribution in [2.24, 2.45) is 4.99 Å². The van der Waals surface area contributed by atoms with Crippen molar-refractivity contribution in [1.82, 2.24) is 4.90 Å². The number of hydrogen-bond acceptors (Lipinski definition) is 4. The molecule has 0 spiro atoms. The Balaban J connectivity index is 2.06. The molecule has 0 bridgehead atoms. The van der Waals surface area contributed by atoms with Crippen LogP contribution in [-0.4, -0.2) is 61.1 Å². The average Bonchev–Trinajstić information content (AvgIpc) is 2.40. The zero-order valence-corrected chi connectivity index (χ0v) is 9.89. The zero-order valence-electron chi connectivity index (χ0n) is 9.89. The Morgan fingerprint density at radius 3 is 2.94 bits per heavy atom. The first kappa shape index (κ1) is 12.3. The minimum Gasteiger partial charge on any atom is -0.396 e. The second kappa shape index (κ2) is 5.93. The summed E-state index contributed by atoms with van der Waals surface area (Å²) in [5, 5.41) is 8.98. The number of aliphatic imine (C=N–C) groups is 1. The standard InChI is InChI=1S/C12H18N2O3/c15-7-3-11-10(2-1-4-13-11)12(16)14-5-8-17-9-6-14/h2,15H,1,3-9H2. The van der Waals surface area contributed by atoms with Crippen molar-refractivity contribution in [2.45, 2.75) is 12.8 Å². The average molecular weight is 238 g/mol. The molecular weight excluding hydrogens is 220 g/mol. The molecule has 0 aromatic rings. The fourth-order valence-corrected chi connectivity index (χ4v) is 2.08. The van der Waals surface area contributed by atoms with Crippen LogP contribution in [0.3, 0.4) is 0 Å². The molecule has 5 nitrogen and oxygen atoms in total. The number of ether oxygens (including phenoxy) is 1. The molecule has 0 unspecified atom stereocenters. The monoisotopic (exact) mass is 238 g/mol. The summed E-state index contributed by atoms with van der Waals surface area (Å²) in [6.45, 7) is 3.24. The van der Waals surface area contributed by atoms with Crippen LogP contribution in [0.15, 0.2) is 16.6 Å². The summed E-state index contributed by atoms with van der Waals surface area (Å²) >= 11 is 0. The Kier molecular flexibility index (Phi) is 4.28. The maximum absolute atomic E-state index is 12.3. The van der Waals surface area contributed by atoms with E-state index in [9.17, 15) is 4.79 Å². The van der Waals surface area contributed by atoms with Gasteiger partial charge in [0.05, 0.1) is 18.8 Å². The summed E-state index contributed by atoms with van der Waals surface area (Å²) in [6.07, 6.45) is 3.21. The van der Waals surface area contributed by atoms with Crippen LogP contribution in [0.2, 0.25) is 0 Å². The number of amides is 1. The van der Waals surface area contributed by atoms with Crippen LogP contribution in [0.1, 0.15) is 12.8 Å². The fraction of sp³-hybridized carbons (Fsp3) is 0.667. The van der Waals surface area contributed by atoms with Gasteiger partial charge >= 0.3 is 0 Å². The molecule has 0 saturated carbocycles. The van der Waals surface area contributed by atoms with Crippen molar-refractivity contribution < 1.29 is 14.6 Å². The molecular formula is C12H18N2O3. The number of dihydropyridines is 1. The van der Waals surface area contributed by atoms with Crippen molar-refractivity contribution in [2.75, 3.05) is 39.5 Å². The zero-order chi connectivity index (χ0) is 12.1. The number of carbonyl (C=O) groups is 1. The van der Waals surface area contributed by atoms with Crippen molar-refractivity contribution in [3.63, 3.8) is 0 Å². The van der Waals surface area contributed by atoms with E-state index in [1.165, 1.54) is 0 Å². The molecule has 1 saturated heterocycles. The van der Waals surface area contributed by atoms with Crippen molar-refractivity contribution in [3.05, 3.63) is 11.6 Å². The molecule has 17 heavy (non-hydrogen) atoms. The predicted molar refractivity (Wildman–Crippen MR) is 64.1 cm³/mol. The van der Waals surface area contributed by atoms with E-state index in [1.54, 1.807) is 4.90 Å². The minimum atomic E-state index is 0.0280. The summed E-state index contributed by atoms with van der Waals surface area (Å²) < 4.78 is 5.23. The second-order valence-electron chi connectivity index (χ2n) is 4.11. The molecule has 1 amide bonds. The molecule has 2 rings (SSSR count). The number of morpholine rings is 1. The number of rotatable bonds is 3. The van der Waals surface area contributed by atoms with Crippen molar-refractivity contribution in [3.8, 4) is 0 Å². The number of aliphatic hydroxyl groups excluding tert-OH is 1. The van der Waals surface area contributed by atoms with Crippen LogP contribution < -0.4 is 0 Å². The molecule has 0 aromatic heterocycles. The lowest BCUT2D eigenvalue weighted by Gasteiger charge is -2.28. The van der Waals surface area contributed by atoms with Crippen LogP contribution in [0.5, 0.6) is 0 Å². The van der Waals surface area contributed by atoms with Crippen molar-refractivity contribution in [1.29, 1.82) is 0 Å². The smallest absolute Gasteiger partial charge is 0.255 e. The van der Waals surface area contributed by atoms with E-state index < -0.39 is 0 Å². The molecule has 0 atom stereocenters. The van der Waals surface area contributed by atoms with Gasteiger partial charge in [0.15, 0.2) is 0 Å². The SMILES string of the molecule is O=C(C1=CCCN=C1CCO)N1CCOCC1. The minimum absolute atomic E-state index is 0.0280. The van der Waals surface area contributed by atoms with E-state index in [0.29, 0.717) is 38.3 Å². The fourth-order valence-electron chi connectivity index (χ4n) is 2.08. The maximum Gasteiger partial charge on any atom is 0.255 e. The van der Waals surface area contributed by atoms with Gasteiger partial charge in [-0.2, -0.15) is 0 Å². The lowest BCUT2D eigenvalue weighted by Crippen LogP contribution is -2.42. The highest BCUT2D eigenvalue weighted by atomic mass is 16.5. The quantitative estimate of drug-likeness (QED) is 0.752. The maximum atomic E-state index is 12.3. The molecule has 1 N–H and O–H groups in total. The van der Waals surface area contributed by atoms with E-state index in [1.807, 2.05) is 6.08 Å². The van der Waals surface area contributed by atoms with Crippen LogP contribution in [0, 0.1) is 0 Å². The number of aliphatic hydroxyl groups is 1. The van der Waals surface area contributed by atoms with Crippen LogP contribution in [0.4, 0.5) is 0 Å². The molecule has 2 aliphatic rings. The van der Waals surface area contributed by atoms with E-state index in [-0.39, 0.29) is 12.5 Å². The van der Waals surface area contributed by atoms with Crippen LogP contribution in [-0.2, 0) is 9.53 Å². The highest BCUT2D eigenvalue weighted by Gasteiger charge is 2.24. The van der Waals surface area contributed by atoms with Gasteiger partial charge in [0.1, 0.15) is 0 Å². The lowest BCUT2D eigenvalue weighted by atomic mass is 10.0. The van der Waals surface area contributed by atoms with Gasteiger partial charge in [-0.15, -0.1) is 0 Å². The normalized spacial score (nSPS) is 20.9. The largest absolute Gasteiger partial charge is 0.396 e. The third-order valence-electron chi connectivity index (χ3n) is 2.97. The van der Waals surface area contributed by atoms with Gasteiger partial charge in [0.2, 0.25) is 0 Å². The summed E-state index contributed by atoms with van der Waals surface area (Å²) in [5.74, 6) is 0.0280. The van der Waals surface area contributed by atoms with Gasteiger partial charge < -0.3 is 14.7 Å². The van der Waals surface area contributed by atoms with Gasteiger partial charge in [-0.25, -0.2) is 0 Å². The topological polar surface area (TPSA) is 62.1 Å². The summed E-state index contributed by atoms with van der Waals surface area (Å²) in [5.41, 5.74) is 1.42. The Morgan fingerprint density at radius 2 is 2.24 bits per heavy atom. The predicted octanol–water partition coefficient (Wildman–Crippen LogP) is -0.00130. The highest BCUT2D eigenvalue weighted by molar-refractivity contribution is 6.21. The van der Waals surface area contributed by atoms with Crippen LogP contribution >= 0.6 is 0 Å². The molecule has 0 radical (unpaired) electrons. The Morgan fingerprint density at radius 1 is 1.47 bits per heavy atom. The van der Waals surface area contributed by atoms with Gasteiger partial charge in [-0.1, -0.05) is 6.08 Å². The Labute approximate surface area is 101 Å². The summed E-state index contributed by atoms with van der Waals surface area (Å²) in [7, 11) is 0. The molecule has 5 heteroatoms. The molecule has 2 aliphatic heterocycles. The Hall–Kier alpha value is -1.20. The third kappa shape index (κ3) is 2.92. The summed E-state index contributed by atoms with van der Waals surface area (Å²) in [6, 6.07) is 0. The van der Waals surface area contributed by atoms with Crippen molar-refractivity contribution >= 4 is 11.6 Å². The van der Waals surface area contributed by atoms with Gasteiger partial charge in [-0.3, -0.25) is 9.79 Å².